The summed E-state index contributed by atoms with van der Waals surface area (Å²) in [5, 5.41) is 2.11. The third-order valence-corrected chi connectivity index (χ3v) is 6.07. The summed E-state index contributed by atoms with van der Waals surface area (Å²) in [6.45, 7) is 2.62. The molecular weight excluding hydrogens is 432 g/mol. The Bertz CT molecular complexity index is 1210. The smallest absolute Gasteiger partial charge is 0.196 e. The van der Waals surface area contributed by atoms with Gasteiger partial charge in [-0.05, 0) is 67.1 Å². The molecule has 2 heterocycles. The highest BCUT2D eigenvalue weighted by Crippen LogP contribution is 2.50. The van der Waals surface area contributed by atoms with E-state index >= 15 is 0 Å². The monoisotopic (exact) mass is 460 g/mol. The Morgan fingerprint density at radius 3 is 2.35 bits per heavy atom. The van der Waals surface area contributed by atoms with E-state index in [0.717, 1.165) is 33.9 Å². The number of hydrogen-bond acceptors (Lipinski definition) is 7. The normalized spacial score (nSPS) is 18.6. The molecule has 0 spiro atoms. The van der Waals surface area contributed by atoms with Crippen molar-refractivity contribution in [2.45, 2.75) is 19.2 Å². The van der Waals surface area contributed by atoms with Gasteiger partial charge in [-0.2, -0.15) is 5.01 Å². The molecular formula is C27H28N2O5. The molecule has 7 nitrogen and oxygen atoms in total. The van der Waals surface area contributed by atoms with E-state index in [1.807, 2.05) is 49.4 Å². The number of benzene rings is 3. The second kappa shape index (κ2) is 9.19. The number of methoxy groups -OCH3 is 3. The lowest BCUT2D eigenvalue weighted by atomic mass is 10.00. The molecule has 2 atom stereocenters. The molecule has 34 heavy (non-hydrogen) atoms. The largest absolute Gasteiger partial charge is 0.494 e. The zero-order valence-electron chi connectivity index (χ0n) is 19.7. The van der Waals surface area contributed by atoms with Crippen molar-refractivity contribution in [3.8, 4) is 28.7 Å². The molecule has 0 aliphatic carbocycles. The molecule has 2 unspecified atom stereocenters. The highest BCUT2D eigenvalue weighted by atomic mass is 16.5. The number of nitrogens with zero attached hydrogens (tertiary/aromatic N) is 1. The van der Waals surface area contributed by atoms with Gasteiger partial charge in [-0.15, -0.1) is 0 Å². The van der Waals surface area contributed by atoms with Crippen LogP contribution in [-0.4, -0.2) is 32.9 Å². The summed E-state index contributed by atoms with van der Waals surface area (Å²) in [6.07, 6.45) is 1.79. The first-order chi connectivity index (χ1) is 16.7. The van der Waals surface area contributed by atoms with Gasteiger partial charge in [0.05, 0.1) is 39.7 Å². The van der Waals surface area contributed by atoms with Crippen LogP contribution in [0.15, 0.2) is 66.7 Å². The van der Waals surface area contributed by atoms with Crippen molar-refractivity contribution < 1.29 is 23.7 Å². The van der Waals surface area contributed by atoms with Crippen LogP contribution >= 0.6 is 0 Å². The molecule has 2 aliphatic rings. The van der Waals surface area contributed by atoms with Gasteiger partial charge in [0, 0.05) is 11.1 Å². The Morgan fingerprint density at radius 1 is 0.882 bits per heavy atom. The fourth-order valence-electron chi connectivity index (χ4n) is 4.44. The number of rotatable bonds is 7. The Hall–Kier alpha value is -3.84. The van der Waals surface area contributed by atoms with Crippen molar-refractivity contribution in [2.75, 3.05) is 27.9 Å². The van der Waals surface area contributed by atoms with Crippen molar-refractivity contribution in [1.82, 2.24) is 10.4 Å². The zero-order chi connectivity index (χ0) is 23.7. The van der Waals surface area contributed by atoms with Crippen LogP contribution in [0, 0.1) is 0 Å². The first kappa shape index (κ1) is 22.0. The van der Waals surface area contributed by atoms with Gasteiger partial charge < -0.3 is 29.1 Å². The molecule has 0 aromatic heterocycles. The summed E-state index contributed by atoms with van der Waals surface area (Å²) in [7, 11) is 4.91. The molecule has 3 aromatic rings. The van der Waals surface area contributed by atoms with Crippen LogP contribution in [0.1, 0.15) is 35.9 Å². The quantitative estimate of drug-likeness (QED) is 0.526. The summed E-state index contributed by atoms with van der Waals surface area (Å²) in [5.41, 5.74) is 7.59. The summed E-state index contributed by atoms with van der Waals surface area (Å²) < 4.78 is 28.8. The molecule has 3 aromatic carbocycles. The van der Waals surface area contributed by atoms with Gasteiger partial charge in [-0.25, -0.2) is 0 Å². The molecule has 0 amide bonds. The Labute approximate surface area is 199 Å². The Kier molecular flexibility index (Phi) is 5.94. The minimum Gasteiger partial charge on any atom is -0.494 e. The van der Waals surface area contributed by atoms with Crippen molar-refractivity contribution in [3.05, 3.63) is 83.4 Å². The lowest BCUT2D eigenvalue weighted by Gasteiger charge is -2.39. The molecule has 1 N–H and O–H groups in total. The third-order valence-electron chi connectivity index (χ3n) is 6.07. The fourth-order valence-corrected chi connectivity index (χ4v) is 4.44. The molecule has 0 fully saturated rings. The number of hydrazine groups is 1. The van der Waals surface area contributed by atoms with Crippen molar-refractivity contribution in [3.63, 3.8) is 0 Å². The van der Waals surface area contributed by atoms with Crippen LogP contribution in [0.3, 0.4) is 0 Å². The van der Waals surface area contributed by atoms with E-state index in [1.165, 1.54) is 0 Å². The van der Waals surface area contributed by atoms with E-state index in [4.69, 9.17) is 23.7 Å². The minimum atomic E-state index is -0.426. The molecule has 0 bridgehead atoms. The Morgan fingerprint density at radius 2 is 1.65 bits per heavy atom. The van der Waals surface area contributed by atoms with E-state index in [2.05, 4.69) is 34.7 Å². The maximum atomic E-state index is 6.55. The highest BCUT2D eigenvalue weighted by molar-refractivity contribution is 5.68. The Balaban J connectivity index is 1.56. The predicted molar refractivity (Wildman–Crippen MR) is 129 cm³/mol. The van der Waals surface area contributed by atoms with Gasteiger partial charge in [0.15, 0.2) is 29.2 Å². The van der Waals surface area contributed by atoms with Crippen LogP contribution in [0.5, 0.6) is 28.7 Å². The number of nitrogens with one attached hydrogen (secondary N) is 1. The topological polar surface area (TPSA) is 61.4 Å². The molecule has 7 heteroatoms. The average molecular weight is 461 g/mol. The molecule has 0 saturated heterocycles. The zero-order valence-corrected chi connectivity index (χ0v) is 19.7. The van der Waals surface area contributed by atoms with Crippen LogP contribution in [0.2, 0.25) is 0 Å². The molecule has 0 radical (unpaired) electrons. The van der Waals surface area contributed by atoms with Gasteiger partial charge in [0.25, 0.3) is 0 Å². The summed E-state index contributed by atoms with van der Waals surface area (Å²) >= 11 is 0. The van der Waals surface area contributed by atoms with Gasteiger partial charge in [0.1, 0.15) is 5.75 Å². The standard InChI is InChI=1S/C27H28N2O5/c1-5-33-19-12-9-17(10-13-19)21-16-22-20-7-6-8-24(31-3)26(20)34-27(29(22)28-21)18-11-14-23(30-2)25(15-18)32-4/h6-16,22,27-28H,5H2,1-4H3. The number of para-hydroxylation sites is 1. The average Bonchev–Trinajstić information content (AvgIpc) is 3.34. The fraction of sp³-hybridized carbons (Fsp3) is 0.259. The highest BCUT2D eigenvalue weighted by Gasteiger charge is 2.41. The number of fused-ring (bicyclic) bond motifs is 3. The van der Waals surface area contributed by atoms with Crippen molar-refractivity contribution in [1.29, 1.82) is 0 Å². The SMILES string of the molecule is CCOc1ccc(C2=CC3c4cccc(OC)c4OC(c4ccc(OC)c(OC)c4)N3N2)cc1. The van der Waals surface area contributed by atoms with Crippen molar-refractivity contribution >= 4 is 5.70 Å². The minimum absolute atomic E-state index is 0.0569. The third kappa shape index (κ3) is 3.78. The van der Waals surface area contributed by atoms with Crippen LogP contribution in [-0.2, 0) is 0 Å². The maximum Gasteiger partial charge on any atom is 0.196 e. The van der Waals surface area contributed by atoms with Gasteiger partial charge >= 0.3 is 0 Å². The van der Waals surface area contributed by atoms with Gasteiger partial charge in [-0.3, -0.25) is 0 Å². The lowest BCUT2D eigenvalue weighted by molar-refractivity contribution is -0.0344. The molecule has 176 valence electrons. The molecule has 5 rings (SSSR count). The van der Waals surface area contributed by atoms with E-state index in [9.17, 15) is 0 Å². The van der Waals surface area contributed by atoms with E-state index < -0.39 is 6.23 Å². The van der Waals surface area contributed by atoms with Crippen molar-refractivity contribution in [2.24, 2.45) is 0 Å². The first-order valence-corrected chi connectivity index (χ1v) is 11.2. The number of hydrogen-bond donors (Lipinski definition) is 1. The van der Waals surface area contributed by atoms with E-state index in [-0.39, 0.29) is 6.04 Å². The summed E-state index contributed by atoms with van der Waals surface area (Å²) in [6, 6.07) is 19.8. The first-order valence-electron chi connectivity index (χ1n) is 11.2. The van der Waals surface area contributed by atoms with Crippen LogP contribution < -0.4 is 29.1 Å². The van der Waals surface area contributed by atoms with Gasteiger partial charge in [-0.1, -0.05) is 12.1 Å². The van der Waals surface area contributed by atoms with Crippen LogP contribution in [0.25, 0.3) is 5.70 Å². The maximum absolute atomic E-state index is 6.55. The number of ether oxygens (including phenoxy) is 5. The second-order valence-electron chi connectivity index (χ2n) is 7.96. The lowest BCUT2D eigenvalue weighted by Crippen LogP contribution is -2.43. The molecule has 0 saturated carbocycles. The van der Waals surface area contributed by atoms with E-state index in [0.29, 0.717) is 23.9 Å². The second-order valence-corrected chi connectivity index (χ2v) is 7.96. The van der Waals surface area contributed by atoms with Crippen LogP contribution in [0.4, 0.5) is 0 Å². The van der Waals surface area contributed by atoms with E-state index in [1.54, 1.807) is 21.3 Å². The molecule has 2 aliphatic heterocycles. The summed E-state index contributed by atoms with van der Waals surface area (Å²) in [4.78, 5) is 0. The summed E-state index contributed by atoms with van der Waals surface area (Å²) in [5.74, 6) is 3.59. The predicted octanol–water partition coefficient (Wildman–Crippen LogP) is 5.10. The van der Waals surface area contributed by atoms with Gasteiger partial charge in [0.2, 0.25) is 0 Å².